The number of sulfone groups is 1. The molecule has 1 aliphatic heterocycles. The minimum absolute atomic E-state index is 0.0327. The maximum Gasteiger partial charge on any atom is 0.255 e. The summed E-state index contributed by atoms with van der Waals surface area (Å²) in [6.45, 7) is 1.31. The Balaban J connectivity index is 1.37. The van der Waals surface area contributed by atoms with E-state index >= 15 is 0 Å². The number of nitrogens with zero attached hydrogens (tertiary/aromatic N) is 6. The van der Waals surface area contributed by atoms with E-state index in [1.165, 1.54) is 12.6 Å². The van der Waals surface area contributed by atoms with E-state index < -0.39 is 9.84 Å². The Bertz CT molecular complexity index is 1460. The predicted octanol–water partition coefficient (Wildman–Crippen LogP) is 2.27. The highest BCUT2D eigenvalue weighted by Gasteiger charge is 2.26. The molecule has 1 fully saturated rings. The molecule has 0 saturated carbocycles. The van der Waals surface area contributed by atoms with Crippen molar-refractivity contribution in [2.24, 2.45) is 7.05 Å². The van der Waals surface area contributed by atoms with Crippen molar-refractivity contribution in [2.45, 2.75) is 23.8 Å². The predicted molar refractivity (Wildman–Crippen MR) is 128 cm³/mol. The van der Waals surface area contributed by atoms with Crippen LogP contribution < -0.4 is 5.32 Å². The van der Waals surface area contributed by atoms with Crippen molar-refractivity contribution >= 4 is 32.6 Å². The number of aryl methyl sites for hydroxylation is 1. The molecule has 176 valence electrons. The molecule has 1 atom stereocenters. The molecule has 1 saturated heterocycles. The molecule has 1 aliphatic rings. The number of rotatable bonds is 5. The van der Waals surface area contributed by atoms with Crippen LogP contribution >= 0.6 is 0 Å². The van der Waals surface area contributed by atoms with E-state index in [1.807, 2.05) is 35.0 Å². The van der Waals surface area contributed by atoms with E-state index in [2.05, 4.69) is 20.4 Å². The average molecular weight is 480 g/mol. The second kappa shape index (κ2) is 8.56. The summed E-state index contributed by atoms with van der Waals surface area (Å²) in [4.78, 5) is 23.8. The molecule has 5 rings (SSSR count). The quantitative estimate of drug-likeness (QED) is 0.467. The molecule has 0 bridgehead atoms. The number of hydrogen-bond donors (Lipinski definition) is 1. The molecule has 11 heteroatoms. The molecule has 4 aromatic rings. The van der Waals surface area contributed by atoms with Crippen molar-refractivity contribution in [1.29, 1.82) is 0 Å². The van der Waals surface area contributed by atoms with Gasteiger partial charge >= 0.3 is 0 Å². The summed E-state index contributed by atoms with van der Waals surface area (Å²) in [5.41, 5.74) is 2.00. The molecule has 10 nitrogen and oxygen atoms in total. The number of nitrogens with one attached hydrogen (secondary N) is 1. The molecular weight excluding hydrogens is 454 g/mol. The molecule has 1 aromatic carbocycles. The van der Waals surface area contributed by atoms with Gasteiger partial charge in [0.05, 0.1) is 27.7 Å². The SMILES string of the molecule is Cn1ccc(C(=O)N2CCCC(Nc3ncnc4c3cnn4-c3ccc(S(C)(=O)=O)cc3)C2)c1. The molecule has 3 aromatic heterocycles. The number of hydrogen-bond acceptors (Lipinski definition) is 7. The van der Waals surface area contributed by atoms with Crippen molar-refractivity contribution in [3.05, 3.63) is 60.8 Å². The third-order valence-corrected chi connectivity index (χ3v) is 7.13. The van der Waals surface area contributed by atoms with E-state index in [0.717, 1.165) is 24.8 Å². The summed E-state index contributed by atoms with van der Waals surface area (Å²) < 4.78 is 27.0. The zero-order valence-corrected chi connectivity index (χ0v) is 19.7. The first-order chi connectivity index (χ1) is 16.3. The number of aromatic nitrogens is 5. The van der Waals surface area contributed by atoms with Crippen molar-refractivity contribution in [3.8, 4) is 5.69 Å². The fraction of sp³-hybridized carbons (Fsp3) is 0.304. The number of carbonyl (C=O) groups is 1. The summed E-state index contributed by atoms with van der Waals surface area (Å²) >= 11 is 0. The van der Waals surface area contributed by atoms with Gasteiger partial charge in [-0.2, -0.15) is 5.10 Å². The first kappa shape index (κ1) is 22.1. The van der Waals surface area contributed by atoms with Crippen LogP contribution in [0.4, 0.5) is 5.82 Å². The first-order valence-corrected chi connectivity index (χ1v) is 12.9. The van der Waals surface area contributed by atoms with Gasteiger partial charge in [0.25, 0.3) is 5.91 Å². The van der Waals surface area contributed by atoms with Gasteiger partial charge in [0.15, 0.2) is 15.5 Å². The molecule has 0 spiro atoms. The fourth-order valence-corrected chi connectivity index (χ4v) is 4.90. The second-order valence-electron chi connectivity index (χ2n) is 8.58. The highest BCUT2D eigenvalue weighted by atomic mass is 32.2. The van der Waals surface area contributed by atoms with E-state index in [-0.39, 0.29) is 16.8 Å². The minimum Gasteiger partial charge on any atom is -0.365 e. The third-order valence-electron chi connectivity index (χ3n) is 6.00. The van der Waals surface area contributed by atoms with Crippen LogP contribution in [0, 0.1) is 0 Å². The van der Waals surface area contributed by atoms with E-state index in [0.29, 0.717) is 29.3 Å². The first-order valence-electron chi connectivity index (χ1n) is 11.0. The Labute approximate surface area is 197 Å². The van der Waals surface area contributed by atoms with Gasteiger partial charge in [0.2, 0.25) is 0 Å². The van der Waals surface area contributed by atoms with Crippen molar-refractivity contribution in [3.63, 3.8) is 0 Å². The molecule has 34 heavy (non-hydrogen) atoms. The Hall–Kier alpha value is -3.73. The van der Waals surface area contributed by atoms with Crippen LogP contribution in [0.15, 0.2) is 60.1 Å². The van der Waals surface area contributed by atoms with Crippen LogP contribution in [0.25, 0.3) is 16.7 Å². The maximum absolute atomic E-state index is 12.9. The van der Waals surface area contributed by atoms with Crippen LogP contribution in [-0.2, 0) is 16.9 Å². The van der Waals surface area contributed by atoms with Gasteiger partial charge in [0, 0.05) is 44.8 Å². The van der Waals surface area contributed by atoms with E-state index in [1.54, 1.807) is 35.1 Å². The van der Waals surface area contributed by atoms with Crippen LogP contribution in [0.5, 0.6) is 0 Å². The molecule has 0 aliphatic carbocycles. The van der Waals surface area contributed by atoms with Gasteiger partial charge in [0.1, 0.15) is 12.1 Å². The Kier molecular flexibility index (Phi) is 5.56. The highest BCUT2D eigenvalue weighted by Crippen LogP contribution is 2.25. The van der Waals surface area contributed by atoms with E-state index in [9.17, 15) is 13.2 Å². The molecule has 1 N–H and O–H groups in total. The lowest BCUT2D eigenvalue weighted by molar-refractivity contribution is 0.0714. The van der Waals surface area contributed by atoms with Gasteiger partial charge in [-0.15, -0.1) is 0 Å². The highest BCUT2D eigenvalue weighted by molar-refractivity contribution is 7.90. The number of fused-ring (bicyclic) bond motifs is 1. The summed E-state index contributed by atoms with van der Waals surface area (Å²) in [7, 11) is -1.38. The number of likely N-dealkylation sites (tertiary alicyclic amines) is 1. The van der Waals surface area contributed by atoms with Gasteiger partial charge in [-0.1, -0.05) is 0 Å². The fourth-order valence-electron chi connectivity index (χ4n) is 4.27. The average Bonchev–Trinajstić information content (AvgIpc) is 3.45. The molecule has 1 amide bonds. The minimum atomic E-state index is -3.28. The van der Waals surface area contributed by atoms with Gasteiger partial charge in [-0.25, -0.2) is 23.1 Å². The monoisotopic (exact) mass is 479 g/mol. The number of anilines is 1. The van der Waals surface area contributed by atoms with Gasteiger partial charge in [-0.3, -0.25) is 4.79 Å². The number of benzene rings is 1. The third kappa shape index (κ3) is 4.26. The Morgan fingerprint density at radius 2 is 1.94 bits per heavy atom. The zero-order valence-electron chi connectivity index (χ0n) is 18.9. The van der Waals surface area contributed by atoms with Crippen LogP contribution in [0.2, 0.25) is 0 Å². The Morgan fingerprint density at radius 1 is 1.15 bits per heavy atom. The summed E-state index contributed by atoms with van der Waals surface area (Å²) in [5.74, 6) is 0.688. The number of piperidine rings is 1. The van der Waals surface area contributed by atoms with Crippen LogP contribution in [0.1, 0.15) is 23.2 Å². The maximum atomic E-state index is 12.9. The standard InChI is InChI=1S/C23H25N7O3S/c1-28-11-9-16(13-28)23(31)29-10-3-4-17(14-29)27-21-20-12-26-30(22(20)25-15-24-21)18-5-7-19(8-6-18)34(2,32)33/h5-9,11-13,15,17H,3-4,10,14H2,1-2H3,(H,24,25,27). The lowest BCUT2D eigenvalue weighted by Crippen LogP contribution is -2.45. The van der Waals surface area contributed by atoms with E-state index in [4.69, 9.17) is 0 Å². The smallest absolute Gasteiger partial charge is 0.255 e. The zero-order chi connectivity index (χ0) is 23.9. The van der Waals surface area contributed by atoms with Gasteiger partial charge < -0.3 is 14.8 Å². The van der Waals surface area contributed by atoms with Crippen molar-refractivity contribution in [2.75, 3.05) is 24.7 Å². The largest absolute Gasteiger partial charge is 0.365 e. The van der Waals surface area contributed by atoms with Gasteiger partial charge in [-0.05, 0) is 43.2 Å². The molecule has 0 radical (unpaired) electrons. The van der Waals surface area contributed by atoms with Crippen LogP contribution in [-0.4, -0.2) is 68.9 Å². The summed E-state index contributed by atoms with van der Waals surface area (Å²) in [6.07, 6.45) is 9.88. The second-order valence-corrected chi connectivity index (χ2v) is 10.6. The summed E-state index contributed by atoms with van der Waals surface area (Å²) in [5, 5.41) is 8.68. The number of amides is 1. The molecule has 1 unspecified atom stereocenters. The van der Waals surface area contributed by atoms with Crippen molar-refractivity contribution < 1.29 is 13.2 Å². The lowest BCUT2D eigenvalue weighted by Gasteiger charge is -2.33. The van der Waals surface area contributed by atoms with Crippen molar-refractivity contribution in [1.82, 2.24) is 29.2 Å². The summed E-state index contributed by atoms with van der Waals surface area (Å²) in [6, 6.07) is 8.40. The topological polar surface area (TPSA) is 115 Å². The Morgan fingerprint density at radius 3 is 2.65 bits per heavy atom. The normalized spacial score (nSPS) is 16.6. The van der Waals surface area contributed by atoms with Crippen LogP contribution in [0.3, 0.4) is 0 Å². The lowest BCUT2D eigenvalue weighted by atomic mass is 10.0. The molecule has 4 heterocycles. The molecular formula is C23H25N7O3S. The number of carbonyl (C=O) groups excluding carboxylic acids is 1.